The van der Waals surface area contributed by atoms with Crippen LogP contribution < -0.4 is 5.32 Å². The second-order valence-corrected chi connectivity index (χ2v) is 7.16. The highest BCUT2D eigenvalue weighted by Crippen LogP contribution is 2.22. The molecular weight excluding hydrogens is 374 g/mol. The molecule has 0 unspecified atom stereocenters. The Balaban J connectivity index is 1.51. The van der Waals surface area contributed by atoms with E-state index >= 15 is 0 Å². The van der Waals surface area contributed by atoms with Gasteiger partial charge in [0.1, 0.15) is 5.82 Å². The Labute approximate surface area is 167 Å². The van der Waals surface area contributed by atoms with E-state index in [1.807, 2.05) is 57.2 Å². The maximum atomic E-state index is 12.6. The molecule has 0 aliphatic carbocycles. The Kier molecular flexibility index (Phi) is 4.65. The topological polar surface area (TPSA) is 75.6 Å². The smallest absolute Gasteiger partial charge is 0.251 e. The monoisotopic (exact) mass is 393 g/mol. The summed E-state index contributed by atoms with van der Waals surface area (Å²) in [6, 6.07) is 14.8. The van der Waals surface area contributed by atoms with Crippen LogP contribution in [0.2, 0.25) is 5.02 Å². The summed E-state index contributed by atoms with van der Waals surface area (Å²) in [5, 5.41) is 8.07. The van der Waals surface area contributed by atoms with E-state index in [1.165, 1.54) is 0 Å². The lowest BCUT2D eigenvalue weighted by atomic mass is 10.1. The summed E-state index contributed by atoms with van der Waals surface area (Å²) in [7, 11) is 0. The van der Waals surface area contributed by atoms with E-state index in [1.54, 1.807) is 16.8 Å². The van der Waals surface area contributed by atoms with E-state index in [4.69, 9.17) is 11.6 Å². The van der Waals surface area contributed by atoms with Crippen LogP contribution in [0.3, 0.4) is 0 Å². The molecule has 2 aromatic carbocycles. The van der Waals surface area contributed by atoms with Gasteiger partial charge in [0.25, 0.3) is 5.91 Å². The van der Waals surface area contributed by atoms with Crippen LogP contribution in [0.1, 0.15) is 40.5 Å². The number of fused-ring (bicyclic) bond motifs is 1. The quantitative estimate of drug-likeness (QED) is 0.535. The maximum absolute atomic E-state index is 12.6. The third-order valence-corrected chi connectivity index (χ3v) is 5.29. The van der Waals surface area contributed by atoms with Gasteiger partial charge in [0.05, 0.1) is 39.2 Å². The highest BCUT2D eigenvalue weighted by molar-refractivity contribution is 6.31. The molecule has 0 bridgehead atoms. The van der Waals surface area contributed by atoms with Gasteiger partial charge in [0.15, 0.2) is 0 Å². The molecule has 0 saturated carbocycles. The first-order chi connectivity index (χ1) is 13.4. The molecule has 4 rings (SSSR count). The number of aromatic amines is 1. The van der Waals surface area contributed by atoms with Crippen molar-refractivity contribution in [3.63, 3.8) is 0 Å². The number of H-pyrrole nitrogens is 1. The van der Waals surface area contributed by atoms with Gasteiger partial charge in [-0.05, 0) is 57.2 Å². The highest BCUT2D eigenvalue weighted by Gasteiger charge is 2.16. The number of hydrogen-bond donors (Lipinski definition) is 2. The van der Waals surface area contributed by atoms with Crippen molar-refractivity contribution in [2.45, 2.75) is 26.8 Å². The van der Waals surface area contributed by atoms with Gasteiger partial charge < -0.3 is 10.3 Å². The SMILES string of the molecule is Cc1nn(-c2ccc(C(=O)N[C@@H](C)c3nc4ccccc4[nH]3)cc2)c(C)c1Cl. The van der Waals surface area contributed by atoms with Crippen LogP contribution in [0.4, 0.5) is 0 Å². The summed E-state index contributed by atoms with van der Waals surface area (Å²) in [5.74, 6) is 0.564. The first-order valence-corrected chi connectivity index (χ1v) is 9.39. The molecule has 1 amide bonds. The van der Waals surface area contributed by atoms with Crippen molar-refractivity contribution in [1.29, 1.82) is 0 Å². The molecule has 0 spiro atoms. The number of rotatable bonds is 4. The number of para-hydroxylation sites is 2. The van der Waals surface area contributed by atoms with Gasteiger partial charge in [-0.3, -0.25) is 4.79 Å². The molecule has 0 radical (unpaired) electrons. The summed E-state index contributed by atoms with van der Waals surface area (Å²) in [5.41, 5.74) is 4.90. The van der Waals surface area contributed by atoms with Gasteiger partial charge in [-0.15, -0.1) is 0 Å². The predicted octanol–water partition coefficient (Wildman–Crippen LogP) is 4.51. The van der Waals surface area contributed by atoms with Crippen molar-refractivity contribution in [2.75, 3.05) is 0 Å². The summed E-state index contributed by atoms with van der Waals surface area (Å²) in [4.78, 5) is 20.4. The molecular formula is C21H20ClN5O. The Morgan fingerprint density at radius 3 is 2.50 bits per heavy atom. The number of hydrogen-bond acceptors (Lipinski definition) is 3. The normalized spacial score (nSPS) is 12.3. The second kappa shape index (κ2) is 7.13. The maximum Gasteiger partial charge on any atom is 0.251 e. The minimum Gasteiger partial charge on any atom is -0.342 e. The van der Waals surface area contributed by atoms with E-state index in [0.717, 1.165) is 33.9 Å². The number of nitrogens with zero attached hydrogens (tertiary/aromatic N) is 3. The molecule has 4 aromatic rings. The zero-order chi connectivity index (χ0) is 19.8. The van der Waals surface area contributed by atoms with Crippen LogP contribution in [0, 0.1) is 13.8 Å². The van der Waals surface area contributed by atoms with Crippen LogP contribution in [-0.2, 0) is 0 Å². The lowest BCUT2D eigenvalue weighted by molar-refractivity contribution is 0.0938. The fraction of sp³-hybridized carbons (Fsp3) is 0.190. The number of carbonyl (C=O) groups is 1. The van der Waals surface area contributed by atoms with E-state index in [0.29, 0.717) is 10.6 Å². The van der Waals surface area contributed by atoms with Gasteiger partial charge in [0.2, 0.25) is 0 Å². The lowest BCUT2D eigenvalue weighted by Gasteiger charge is -2.12. The number of halogens is 1. The fourth-order valence-electron chi connectivity index (χ4n) is 3.16. The van der Waals surface area contributed by atoms with Crippen molar-refractivity contribution in [2.24, 2.45) is 0 Å². The molecule has 142 valence electrons. The van der Waals surface area contributed by atoms with Gasteiger partial charge >= 0.3 is 0 Å². The molecule has 28 heavy (non-hydrogen) atoms. The van der Waals surface area contributed by atoms with Crippen LogP contribution in [-0.4, -0.2) is 25.7 Å². The van der Waals surface area contributed by atoms with Crippen LogP contribution >= 0.6 is 11.6 Å². The van der Waals surface area contributed by atoms with Crippen LogP contribution in [0.25, 0.3) is 16.7 Å². The van der Waals surface area contributed by atoms with Crippen molar-refractivity contribution >= 4 is 28.5 Å². The van der Waals surface area contributed by atoms with Gasteiger partial charge in [-0.2, -0.15) is 5.10 Å². The van der Waals surface area contributed by atoms with Crippen LogP contribution in [0.15, 0.2) is 48.5 Å². The molecule has 2 aromatic heterocycles. The summed E-state index contributed by atoms with van der Waals surface area (Å²) >= 11 is 6.22. The first kappa shape index (κ1) is 18.3. The third-order valence-electron chi connectivity index (χ3n) is 4.74. The Bertz CT molecular complexity index is 1130. The minimum atomic E-state index is -0.241. The number of benzene rings is 2. The van der Waals surface area contributed by atoms with E-state index in [2.05, 4.69) is 20.4 Å². The number of imidazole rings is 1. The van der Waals surface area contributed by atoms with Crippen molar-refractivity contribution in [3.05, 3.63) is 76.3 Å². The Hall–Kier alpha value is -3.12. The Morgan fingerprint density at radius 2 is 1.86 bits per heavy atom. The van der Waals surface area contributed by atoms with E-state index in [-0.39, 0.29) is 11.9 Å². The molecule has 2 N–H and O–H groups in total. The fourth-order valence-corrected chi connectivity index (χ4v) is 3.27. The number of carbonyl (C=O) groups excluding carboxylic acids is 1. The van der Waals surface area contributed by atoms with Crippen molar-refractivity contribution < 1.29 is 4.79 Å². The number of amides is 1. The predicted molar refractivity (Wildman–Crippen MR) is 110 cm³/mol. The molecule has 7 heteroatoms. The summed E-state index contributed by atoms with van der Waals surface area (Å²) in [6.07, 6.45) is 0. The average Bonchev–Trinajstić information content (AvgIpc) is 3.25. The van der Waals surface area contributed by atoms with Crippen molar-refractivity contribution in [3.8, 4) is 5.69 Å². The van der Waals surface area contributed by atoms with Gasteiger partial charge in [-0.1, -0.05) is 23.7 Å². The first-order valence-electron chi connectivity index (χ1n) is 9.01. The molecule has 0 aliphatic rings. The van der Waals surface area contributed by atoms with Crippen LogP contribution in [0.5, 0.6) is 0 Å². The molecule has 1 atom stereocenters. The molecule has 0 saturated heterocycles. The summed E-state index contributed by atoms with van der Waals surface area (Å²) in [6.45, 7) is 5.69. The summed E-state index contributed by atoms with van der Waals surface area (Å²) < 4.78 is 1.77. The third kappa shape index (κ3) is 3.27. The van der Waals surface area contributed by atoms with Gasteiger partial charge in [-0.25, -0.2) is 9.67 Å². The average molecular weight is 394 g/mol. The number of nitrogens with one attached hydrogen (secondary N) is 2. The largest absolute Gasteiger partial charge is 0.342 e. The highest BCUT2D eigenvalue weighted by atomic mass is 35.5. The van der Waals surface area contributed by atoms with Crippen molar-refractivity contribution in [1.82, 2.24) is 25.1 Å². The molecule has 2 heterocycles. The zero-order valence-corrected chi connectivity index (χ0v) is 16.6. The molecule has 6 nitrogen and oxygen atoms in total. The van der Waals surface area contributed by atoms with E-state index < -0.39 is 0 Å². The number of aryl methyl sites for hydroxylation is 1. The number of aromatic nitrogens is 4. The lowest BCUT2D eigenvalue weighted by Crippen LogP contribution is -2.27. The van der Waals surface area contributed by atoms with E-state index in [9.17, 15) is 4.79 Å². The second-order valence-electron chi connectivity index (χ2n) is 6.78. The molecule has 0 fully saturated rings. The Morgan fingerprint density at radius 1 is 1.14 bits per heavy atom. The minimum absolute atomic E-state index is 0.161. The van der Waals surface area contributed by atoms with Gasteiger partial charge in [0, 0.05) is 5.56 Å². The zero-order valence-electron chi connectivity index (χ0n) is 15.8. The standard InChI is InChI=1S/C21H20ClN5O/c1-12-19(22)14(3)27(26-12)16-10-8-15(9-11-16)21(28)23-13(2)20-24-17-6-4-5-7-18(17)25-20/h4-11,13H,1-3H3,(H,23,28)(H,24,25)/t13-/m0/s1. The molecule has 0 aliphatic heterocycles.